The van der Waals surface area contributed by atoms with E-state index in [0.717, 1.165) is 23.5 Å². The molecule has 0 amide bonds. The first-order chi connectivity index (χ1) is 8.65. The molecule has 0 aliphatic heterocycles. The second kappa shape index (κ2) is 5.49. The van der Waals surface area contributed by atoms with Gasteiger partial charge in [0.05, 0.1) is 6.42 Å². The smallest absolute Gasteiger partial charge is 0.140 e. The summed E-state index contributed by atoms with van der Waals surface area (Å²) in [6.45, 7) is 0. The van der Waals surface area contributed by atoms with Crippen LogP contribution in [0.1, 0.15) is 17.8 Å². The third-order valence-electron chi connectivity index (χ3n) is 2.92. The van der Waals surface area contributed by atoms with Gasteiger partial charge >= 0.3 is 0 Å². The highest BCUT2D eigenvalue weighted by atomic mass is 16.1. The van der Waals surface area contributed by atoms with E-state index in [-0.39, 0.29) is 5.78 Å². The fourth-order valence-corrected chi connectivity index (χ4v) is 1.86. The summed E-state index contributed by atoms with van der Waals surface area (Å²) in [5.41, 5.74) is 7.54. The Morgan fingerprint density at radius 3 is 2.94 bits per heavy atom. The van der Waals surface area contributed by atoms with Crippen LogP contribution in [0.5, 0.6) is 0 Å². The summed E-state index contributed by atoms with van der Waals surface area (Å²) in [6.07, 6.45) is 5.21. The molecule has 2 rings (SSSR count). The highest BCUT2D eigenvalue weighted by molar-refractivity contribution is 5.80. The van der Waals surface area contributed by atoms with Crippen molar-refractivity contribution in [2.24, 2.45) is 7.05 Å². The van der Waals surface area contributed by atoms with Crippen LogP contribution in [-0.4, -0.2) is 15.3 Å². The maximum absolute atomic E-state index is 11.8. The molecule has 0 atom stereocenters. The van der Waals surface area contributed by atoms with Gasteiger partial charge in [-0.05, 0) is 24.1 Å². The van der Waals surface area contributed by atoms with Crippen molar-refractivity contribution in [3.63, 3.8) is 0 Å². The summed E-state index contributed by atoms with van der Waals surface area (Å²) in [4.78, 5) is 16.0. The van der Waals surface area contributed by atoms with Gasteiger partial charge in [0, 0.05) is 31.5 Å². The lowest BCUT2D eigenvalue weighted by molar-refractivity contribution is -0.118. The molecule has 0 saturated heterocycles. The first kappa shape index (κ1) is 12.4. The Hall–Kier alpha value is -2.10. The topological polar surface area (TPSA) is 60.9 Å². The summed E-state index contributed by atoms with van der Waals surface area (Å²) in [6, 6.07) is 7.66. The van der Waals surface area contributed by atoms with Gasteiger partial charge in [0.1, 0.15) is 11.6 Å². The number of nitrogens with zero attached hydrogens (tertiary/aromatic N) is 2. The Labute approximate surface area is 106 Å². The minimum atomic E-state index is 0.201. The molecule has 1 aromatic carbocycles. The molecule has 0 bridgehead atoms. The Morgan fingerprint density at radius 2 is 2.28 bits per heavy atom. The van der Waals surface area contributed by atoms with Gasteiger partial charge in [-0.1, -0.05) is 12.1 Å². The number of Topliss-reactive ketones (excluding diaryl/α,β-unsaturated/α-hetero) is 1. The lowest BCUT2D eigenvalue weighted by Gasteiger charge is -2.03. The Kier molecular flexibility index (Phi) is 3.77. The SMILES string of the molecule is Cn1ccnc1CC(=O)CCc1cccc(N)c1. The van der Waals surface area contributed by atoms with Crippen LogP contribution in [0.2, 0.25) is 0 Å². The molecular weight excluding hydrogens is 226 g/mol. The Morgan fingerprint density at radius 1 is 1.44 bits per heavy atom. The van der Waals surface area contributed by atoms with Gasteiger partial charge < -0.3 is 10.3 Å². The van der Waals surface area contributed by atoms with Gasteiger partial charge in [0.25, 0.3) is 0 Å². The fourth-order valence-electron chi connectivity index (χ4n) is 1.86. The molecule has 2 aromatic rings. The number of aryl methyl sites for hydroxylation is 2. The van der Waals surface area contributed by atoms with Gasteiger partial charge in [-0.2, -0.15) is 0 Å². The monoisotopic (exact) mass is 243 g/mol. The van der Waals surface area contributed by atoms with Crippen molar-refractivity contribution in [1.29, 1.82) is 0 Å². The zero-order chi connectivity index (χ0) is 13.0. The van der Waals surface area contributed by atoms with E-state index in [2.05, 4.69) is 4.98 Å². The van der Waals surface area contributed by atoms with Gasteiger partial charge in [-0.3, -0.25) is 4.79 Å². The number of hydrogen-bond acceptors (Lipinski definition) is 3. The predicted octanol–water partition coefficient (Wildman–Crippen LogP) is 1.75. The van der Waals surface area contributed by atoms with Crippen LogP contribution in [0.15, 0.2) is 36.7 Å². The number of aromatic nitrogens is 2. The number of imidazole rings is 1. The van der Waals surface area contributed by atoms with E-state index in [9.17, 15) is 4.79 Å². The Balaban J connectivity index is 1.87. The number of carbonyl (C=O) groups excluding carboxylic acids is 1. The number of nitrogens with two attached hydrogens (primary N) is 1. The quantitative estimate of drug-likeness (QED) is 0.814. The lowest BCUT2D eigenvalue weighted by atomic mass is 10.1. The second-order valence-electron chi connectivity index (χ2n) is 4.41. The molecule has 1 heterocycles. The maximum atomic E-state index is 11.8. The van der Waals surface area contributed by atoms with E-state index in [0.29, 0.717) is 12.8 Å². The van der Waals surface area contributed by atoms with Gasteiger partial charge in [-0.25, -0.2) is 4.98 Å². The maximum Gasteiger partial charge on any atom is 0.140 e. The van der Waals surface area contributed by atoms with Crippen molar-refractivity contribution in [1.82, 2.24) is 9.55 Å². The number of ketones is 1. The summed E-state index contributed by atoms with van der Waals surface area (Å²) in [5, 5.41) is 0. The number of carbonyl (C=O) groups is 1. The molecule has 4 heteroatoms. The van der Waals surface area contributed by atoms with Crippen LogP contribution in [0, 0.1) is 0 Å². The standard InChI is InChI=1S/C14H17N3O/c1-17-8-7-16-14(17)10-13(18)6-5-11-3-2-4-12(15)9-11/h2-4,7-9H,5-6,10,15H2,1H3. The fraction of sp³-hybridized carbons (Fsp3) is 0.286. The van der Waals surface area contributed by atoms with Gasteiger partial charge in [0.2, 0.25) is 0 Å². The van der Waals surface area contributed by atoms with Gasteiger partial charge in [-0.15, -0.1) is 0 Å². The minimum Gasteiger partial charge on any atom is -0.399 e. The molecule has 0 unspecified atom stereocenters. The predicted molar refractivity (Wildman–Crippen MR) is 71.1 cm³/mol. The summed E-state index contributed by atoms with van der Waals surface area (Å²) in [5.74, 6) is 1.01. The van der Waals surface area contributed by atoms with E-state index in [1.54, 1.807) is 6.20 Å². The van der Waals surface area contributed by atoms with E-state index in [1.165, 1.54) is 0 Å². The molecular formula is C14H17N3O. The summed E-state index contributed by atoms with van der Waals surface area (Å²) < 4.78 is 1.87. The zero-order valence-electron chi connectivity index (χ0n) is 10.5. The molecule has 0 spiro atoms. The van der Waals surface area contributed by atoms with Gasteiger partial charge in [0.15, 0.2) is 0 Å². The van der Waals surface area contributed by atoms with E-state index in [1.807, 2.05) is 42.1 Å². The van der Waals surface area contributed by atoms with Crippen LogP contribution >= 0.6 is 0 Å². The molecule has 94 valence electrons. The molecule has 0 fully saturated rings. The van der Waals surface area contributed by atoms with Crippen LogP contribution in [0.25, 0.3) is 0 Å². The van der Waals surface area contributed by atoms with E-state index >= 15 is 0 Å². The number of benzene rings is 1. The normalized spacial score (nSPS) is 10.5. The number of anilines is 1. The summed E-state index contributed by atoms with van der Waals surface area (Å²) >= 11 is 0. The van der Waals surface area contributed by atoms with Crippen LogP contribution in [0.3, 0.4) is 0 Å². The van der Waals surface area contributed by atoms with E-state index in [4.69, 9.17) is 5.73 Å². The highest BCUT2D eigenvalue weighted by Gasteiger charge is 2.07. The zero-order valence-corrected chi connectivity index (χ0v) is 10.5. The van der Waals surface area contributed by atoms with E-state index < -0.39 is 0 Å². The first-order valence-electron chi connectivity index (χ1n) is 5.97. The molecule has 0 aliphatic carbocycles. The largest absolute Gasteiger partial charge is 0.399 e. The van der Waals surface area contributed by atoms with Crippen LogP contribution in [-0.2, 0) is 24.7 Å². The average molecular weight is 243 g/mol. The minimum absolute atomic E-state index is 0.201. The van der Waals surface area contributed by atoms with Crippen molar-refractivity contribution in [2.75, 3.05) is 5.73 Å². The average Bonchev–Trinajstić information content (AvgIpc) is 2.73. The molecule has 0 aliphatic rings. The van der Waals surface area contributed by atoms with Crippen molar-refractivity contribution >= 4 is 11.5 Å². The van der Waals surface area contributed by atoms with Crippen molar-refractivity contribution in [3.8, 4) is 0 Å². The number of hydrogen-bond donors (Lipinski definition) is 1. The molecule has 0 radical (unpaired) electrons. The van der Waals surface area contributed by atoms with Crippen LogP contribution in [0.4, 0.5) is 5.69 Å². The third kappa shape index (κ3) is 3.20. The van der Waals surface area contributed by atoms with Crippen molar-refractivity contribution < 1.29 is 4.79 Å². The second-order valence-corrected chi connectivity index (χ2v) is 4.41. The highest BCUT2D eigenvalue weighted by Crippen LogP contribution is 2.09. The molecule has 1 aromatic heterocycles. The van der Waals surface area contributed by atoms with Crippen LogP contribution < -0.4 is 5.73 Å². The Bertz CT molecular complexity index is 545. The molecule has 0 saturated carbocycles. The molecule has 4 nitrogen and oxygen atoms in total. The van der Waals surface area contributed by atoms with Crippen molar-refractivity contribution in [2.45, 2.75) is 19.3 Å². The first-order valence-corrected chi connectivity index (χ1v) is 5.97. The number of rotatable bonds is 5. The summed E-state index contributed by atoms with van der Waals surface area (Å²) in [7, 11) is 1.90. The lowest BCUT2D eigenvalue weighted by Crippen LogP contribution is -2.08. The molecule has 2 N–H and O–H groups in total. The molecule has 18 heavy (non-hydrogen) atoms. The third-order valence-corrected chi connectivity index (χ3v) is 2.92. The van der Waals surface area contributed by atoms with Crippen molar-refractivity contribution in [3.05, 3.63) is 48.0 Å². The number of nitrogen functional groups attached to an aromatic ring is 1.